The zero-order valence-electron chi connectivity index (χ0n) is 16.4. The van der Waals surface area contributed by atoms with Gasteiger partial charge in [-0.15, -0.1) is 0 Å². The van der Waals surface area contributed by atoms with Gasteiger partial charge in [0.2, 0.25) is 5.13 Å². The predicted octanol–water partition coefficient (Wildman–Crippen LogP) is 4.86. The highest BCUT2D eigenvalue weighted by molar-refractivity contribution is 7.20. The number of ether oxygens (including phenoxy) is 2. The molecule has 0 spiro atoms. The van der Waals surface area contributed by atoms with Gasteiger partial charge in [-0.1, -0.05) is 29.0 Å². The van der Waals surface area contributed by atoms with Gasteiger partial charge in [0.1, 0.15) is 22.8 Å². The second-order valence-corrected chi connectivity index (χ2v) is 7.85. The lowest BCUT2D eigenvalue weighted by Gasteiger charge is -2.08. The van der Waals surface area contributed by atoms with Gasteiger partial charge in [0.05, 0.1) is 17.0 Å². The molecule has 0 saturated heterocycles. The number of halogens is 1. The highest BCUT2D eigenvalue weighted by Crippen LogP contribution is 2.32. The molecular formula is C21H19ClN4O3S. The Morgan fingerprint density at radius 2 is 2.00 bits per heavy atom. The van der Waals surface area contributed by atoms with Gasteiger partial charge in [-0.3, -0.25) is 4.79 Å². The molecule has 0 bridgehead atoms. The summed E-state index contributed by atoms with van der Waals surface area (Å²) < 4.78 is 13.8. The monoisotopic (exact) mass is 442 g/mol. The van der Waals surface area contributed by atoms with E-state index in [1.165, 1.54) is 11.3 Å². The van der Waals surface area contributed by atoms with Crippen LogP contribution in [0.5, 0.6) is 11.5 Å². The second-order valence-electron chi connectivity index (χ2n) is 6.41. The van der Waals surface area contributed by atoms with E-state index >= 15 is 0 Å². The van der Waals surface area contributed by atoms with E-state index in [1.807, 2.05) is 32.0 Å². The number of carbonyl (C=O) groups is 1. The third kappa shape index (κ3) is 4.39. The molecule has 1 amide bonds. The average Bonchev–Trinajstić information content (AvgIpc) is 3.31. The summed E-state index contributed by atoms with van der Waals surface area (Å²) in [4.78, 5) is 17.1. The van der Waals surface area contributed by atoms with E-state index in [2.05, 4.69) is 15.4 Å². The minimum Gasteiger partial charge on any atom is -0.492 e. The molecule has 0 radical (unpaired) electrons. The number of rotatable bonds is 7. The lowest BCUT2D eigenvalue weighted by atomic mass is 10.3. The number of nitrogens with one attached hydrogen (secondary N) is 1. The fourth-order valence-corrected chi connectivity index (χ4v) is 3.94. The molecule has 7 nitrogen and oxygen atoms in total. The molecule has 0 aliphatic heterocycles. The van der Waals surface area contributed by atoms with Crippen LogP contribution in [0.1, 0.15) is 12.6 Å². The zero-order valence-corrected chi connectivity index (χ0v) is 18.0. The Morgan fingerprint density at radius 1 is 1.20 bits per heavy atom. The van der Waals surface area contributed by atoms with Crippen molar-refractivity contribution in [2.45, 2.75) is 13.8 Å². The van der Waals surface area contributed by atoms with Crippen molar-refractivity contribution in [3.05, 3.63) is 59.2 Å². The number of hydrogen-bond donors (Lipinski definition) is 1. The number of nitrogens with zero attached hydrogens (tertiary/aromatic N) is 3. The first-order valence-electron chi connectivity index (χ1n) is 9.31. The van der Waals surface area contributed by atoms with Gasteiger partial charge in [0.15, 0.2) is 6.61 Å². The fraction of sp³-hybridized carbons (Fsp3) is 0.190. The van der Waals surface area contributed by atoms with E-state index in [-0.39, 0.29) is 12.5 Å². The van der Waals surface area contributed by atoms with Gasteiger partial charge >= 0.3 is 0 Å². The number of hydrogen-bond acceptors (Lipinski definition) is 6. The first-order chi connectivity index (χ1) is 14.5. The number of anilines is 1. The molecule has 9 heteroatoms. The number of aromatic nitrogens is 3. The lowest BCUT2D eigenvalue weighted by molar-refractivity contribution is -0.118. The molecule has 0 aliphatic carbocycles. The SMILES string of the molecule is CCOc1cccc2sc(-n3nc(C)cc3NC(=O)COc3ccc(Cl)cc3)nc12. The second kappa shape index (κ2) is 8.73. The fourth-order valence-electron chi connectivity index (χ4n) is 2.87. The summed E-state index contributed by atoms with van der Waals surface area (Å²) >= 11 is 7.33. The maximum atomic E-state index is 12.4. The van der Waals surface area contributed by atoms with Crippen LogP contribution in [0.2, 0.25) is 5.02 Å². The Hall–Kier alpha value is -3.10. The Morgan fingerprint density at radius 3 is 2.77 bits per heavy atom. The van der Waals surface area contributed by atoms with Gasteiger partial charge in [0, 0.05) is 11.1 Å². The van der Waals surface area contributed by atoms with Crippen LogP contribution in [0.3, 0.4) is 0 Å². The predicted molar refractivity (Wildman–Crippen MR) is 118 cm³/mol. The molecule has 1 N–H and O–H groups in total. The maximum Gasteiger partial charge on any atom is 0.263 e. The summed E-state index contributed by atoms with van der Waals surface area (Å²) in [5.74, 6) is 1.51. The molecule has 2 heterocycles. The standard InChI is InChI=1S/C21H19ClN4O3S/c1-3-28-16-5-4-6-17-20(16)24-21(30-17)26-18(11-13(2)25-26)23-19(27)12-29-15-9-7-14(22)8-10-15/h4-11H,3,12H2,1-2H3,(H,23,27). The number of carbonyl (C=O) groups excluding carboxylic acids is 1. The number of benzene rings is 2. The van der Waals surface area contributed by atoms with Crippen molar-refractivity contribution in [1.29, 1.82) is 0 Å². The molecular weight excluding hydrogens is 424 g/mol. The highest BCUT2D eigenvalue weighted by Gasteiger charge is 2.16. The number of fused-ring (bicyclic) bond motifs is 1. The normalized spacial score (nSPS) is 10.9. The topological polar surface area (TPSA) is 78.3 Å². The van der Waals surface area contributed by atoms with Gasteiger partial charge in [-0.25, -0.2) is 4.98 Å². The van der Waals surface area contributed by atoms with E-state index in [9.17, 15) is 4.79 Å². The van der Waals surface area contributed by atoms with E-state index in [4.69, 9.17) is 21.1 Å². The first kappa shape index (κ1) is 20.2. The maximum absolute atomic E-state index is 12.4. The molecule has 0 aliphatic rings. The van der Waals surface area contributed by atoms with Crippen LogP contribution in [0.15, 0.2) is 48.5 Å². The van der Waals surface area contributed by atoms with Gasteiger partial charge in [0.25, 0.3) is 5.91 Å². The van der Waals surface area contributed by atoms with Crippen LogP contribution >= 0.6 is 22.9 Å². The largest absolute Gasteiger partial charge is 0.492 e. The molecule has 0 unspecified atom stereocenters. The smallest absolute Gasteiger partial charge is 0.263 e. The van der Waals surface area contributed by atoms with Crippen LogP contribution < -0.4 is 14.8 Å². The molecule has 2 aromatic carbocycles. The van der Waals surface area contributed by atoms with Crippen molar-refractivity contribution in [2.75, 3.05) is 18.5 Å². The summed E-state index contributed by atoms with van der Waals surface area (Å²) in [5.41, 5.74) is 1.53. The summed E-state index contributed by atoms with van der Waals surface area (Å²) in [7, 11) is 0. The van der Waals surface area contributed by atoms with Gasteiger partial charge < -0.3 is 14.8 Å². The van der Waals surface area contributed by atoms with Crippen LogP contribution in [0.25, 0.3) is 15.3 Å². The molecule has 2 aromatic heterocycles. The minimum absolute atomic E-state index is 0.139. The summed E-state index contributed by atoms with van der Waals surface area (Å²) in [6.07, 6.45) is 0. The first-order valence-corrected chi connectivity index (χ1v) is 10.5. The highest BCUT2D eigenvalue weighted by atomic mass is 35.5. The number of aryl methyl sites for hydroxylation is 1. The third-order valence-electron chi connectivity index (χ3n) is 4.13. The lowest BCUT2D eigenvalue weighted by Crippen LogP contribution is -2.21. The van der Waals surface area contributed by atoms with Crippen molar-refractivity contribution < 1.29 is 14.3 Å². The Labute approximate surface area is 182 Å². The number of amides is 1. The Balaban J connectivity index is 1.54. The Bertz CT molecular complexity index is 1190. The van der Waals surface area contributed by atoms with Crippen LogP contribution in [0, 0.1) is 6.92 Å². The van der Waals surface area contributed by atoms with Crippen molar-refractivity contribution in [3.63, 3.8) is 0 Å². The van der Waals surface area contributed by atoms with Crippen molar-refractivity contribution in [1.82, 2.24) is 14.8 Å². The molecule has 154 valence electrons. The van der Waals surface area contributed by atoms with Crippen molar-refractivity contribution >= 4 is 44.9 Å². The summed E-state index contributed by atoms with van der Waals surface area (Å²) in [6.45, 7) is 4.21. The third-order valence-corrected chi connectivity index (χ3v) is 5.38. The van der Waals surface area contributed by atoms with Gasteiger partial charge in [-0.2, -0.15) is 9.78 Å². The molecule has 0 saturated carbocycles. The quantitative estimate of drug-likeness (QED) is 0.442. The summed E-state index contributed by atoms with van der Waals surface area (Å²) in [6, 6.07) is 14.4. The number of para-hydroxylation sites is 1. The van der Waals surface area contributed by atoms with Crippen LogP contribution in [0.4, 0.5) is 5.82 Å². The van der Waals surface area contributed by atoms with Crippen LogP contribution in [-0.2, 0) is 4.79 Å². The molecule has 0 fully saturated rings. The van der Waals surface area contributed by atoms with E-state index < -0.39 is 0 Å². The van der Waals surface area contributed by atoms with E-state index in [0.717, 1.165) is 21.7 Å². The van der Waals surface area contributed by atoms with E-state index in [0.29, 0.717) is 28.3 Å². The van der Waals surface area contributed by atoms with Crippen LogP contribution in [-0.4, -0.2) is 33.9 Å². The Kier molecular flexibility index (Phi) is 5.87. The minimum atomic E-state index is -0.304. The molecule has 30 heavy (non-hydrogen) atoms. The van der Waals surface area contributed by atoms with E-state index in [1.54, 1.807) is 35.0 Å². The van der Waals surface area contributed by atoms with Gasteiger partial charge in [-0.05, 0) is 50.2 Å². The number of thiazole rings is 1. The van der Waals surface area contributed by atoms with Crippen molar-refractivity contribution in [2.24, 2.45) is 0 Å². The summed E-state index contributed by atoms with van der Waals surface area (Å²) in [5, 5.41) is 8.57. The molecule has 0 atom stereocenters. The molecule has 4 rings (SSSR count). The average molecular weight is 443 g/mol. The zero-order chi connectivity index (χ0) is 21.1. The molecule has 4 aromatic rings. The van der Waals surface area contributed by atoms with Crippen molar-refractivity contribution in [3.8, 4) is 16.6 Å².